The molecule has 1 fully saturated rings. The molecule has 0 radical (unpaired) electrons. The summed E-state index contributed by atoms with van der Waals surface area (Å²) in [6, 6.07) is 10.2. The molecule has 0 saturated carbocycles. The molecule has 0 aliphatic carbocycles. The van der Waals surface area contributed by atoms with Crippen LogP contribution < -0.4 is 9.80 Å². The summed E-state index contributed by atoms with van der Waals surface area (Å²) in [7, 11) is 0. The van der Waals surface area contributed by atoms with Crippen LogP contribution in [0.2, 0.25) is 0 Å². The first-order valence-corrected chi connectivity index (χ1v) is 9.56. The maximum absolute atomic E-state index is 4.66. The van der Waals surface area contributed by atoms with Crippen LogP contribution in [-0.4, -0.2) is 52.4 Å². The van der Waals surface area contributed by atoms with E-state index < -0.39 is 0 Å². The molecule has 1 aromatic carbocycles. The maximum atomic E-state index is 4.66. The fourth-order valence-corrected chi connectivity index (χ4v) is 3.59. The maximum Gasteiger partial charge on any atom is 0.189 e. The highest BCUT2D eigenvalue weighted by Gasteiger charge is 2.21. The zero-order valence-corrected chi connectivity index (χ0v) is 15.2. The number of anilines is 2. The van der Waals surface area contributed by atoms with Gasteiger partial charge in [0.15, 0.2) is 5.16 Å². The van der Waals surface area contributed by atoms with Crippen molar-refractivity contribution < 1.29 is 0 Å². The van der Waals surface area contributed by atoms with Crippen LogP contribution in [-0.2, 0) is 0 Å². The van der Waals surface area contributed by atoms with Crippen molar-refractivity contribution in [2.45, 2.75) is 12.1 Å². The number of thioether (sulfide) groups is 1. The van der Waals surface area contributed by atoms with Gasteiger partial charge in [-0.05, 0) is 25.3 Å². The first kappa shape index (κ1) is 16.1. The average molecular weight is 352 g/mol. The minimum atomic E-state index is 0.833. The van der Waals surface area contributed by atoms with Crippen LogP contribution in [0, 0.1) is 6.92 Å². The van der Waals surface area contributed by atoms with Gasteiger partial charge in [-0.2, -0.15) is 0 Å². The zero-order valence-electron chi connectivity index (χ0n) is 14.4. The molecule has 1 saturated heterocycles. The Kier molecular flexibility index (Phi) is 4.40. The van der Waals surface area contributed by atoms with Gasteiger partial charge in [-0.25, -0.2) is 19.9 Å². The molecular formula is C18H20N6S. The van der Waals surface area contributed by atoms with E-state index in [1.54, 1.807) is 18.1 Å². The van der Waals surface area contributed by atoms with Crippen molar-refractivity contribution in [3.05, 3.63) is 42.4 Å². The lowest BCUT2D eigenvalue weighted by Gasteiger charge is -2.36. The predicted octanol–water partition coefficient (Wildman–Crippen LogP) is 2.78. The van der Waals surface area contributed by atoms with Crippen LogP contribution in [0.25, 0.3) is 10.9 Å². The Morgan fingerprint density at radius 3 is 2.52 bits per heavy atom. The molecule has 0 bridgehead atoms. The highest BCUT2D eigenvalue weighted by Crippen LogP contribution is 2.25. The summed E-state index contributed by atoms with van der Waals surface area (Å²) in [4.78, 5) is 22.7. The van der Waals surface area contributed by atoms with Crippen molar-refractivity contribution in [2.24, 2.45) is 0 Å². The molecule has 6 nitrogen and oxygen atoms in total. The summed E-state index contributed by atoms with van der Waals surface area (Å²) in [5, 5.41) is 1.94. The van der Waals surface area contributed by atoms with Gasteiger partial charge in [0.05, 0.1) is 5.52 Å². The lowest BCUT2D eigenvalue weighted by Crippen LogP contribution is -2.47. The molecule has 0 atom stereocenters. The highest BCUT2D eigenvalue weighted by molar-refractivity contribution is 7.98. The number of fused-ring (bicyclic) bond motifs is 1. The molecule has 7 heteroatoms. The number of aryl methyl sites for hydroxylation is 1. The first-order valence-electron chi connectivity index (χ1n) is 8.34. The zero-order chi connectivity index (χ0) is 17.2. The second-order valence-electron chi connectivity index (χ2n) is 6.04. The third-order valence-corrected chi connectivity index (χ3v) is 4.98. The van der Waals surface area contributed by atoms with Gasteiger partial charge < -0.3 is 9.80 Å². The Morgan fingerprint density at radius 1 is 0.960 bits per heavy atom. The van der Waals surface area contributed by atoms with E-state index in [1.165, 1.54) is 0 Å². The van der Waals surface area contributed by atoms with Gasteiger partial charge in [-0.15, -0.1) is 0 Å². The summed E-state index contributed by atoms with van der Waals surface area (Å²) in [5.41, 5.74) is 2.00. The SMILES string of the molecule is CSc1nc(C)cc(N2CCN(c3ncnc4ccccc34)CC2)n1. The molecule has 3 aromatic rings. The summed E-state index contributed by atoms with van der Waals surface area (Å²) < 4.78 is 0. The fourth-order valence-electron chi connectivity index (χ4n) is 3.17. The van der Waals surface area contributed by atoms with Gasteiger partial charge in [-0.1, -0.05) is 23.9 Å². The first-order chi connectivity index (χ1) is 12.2. The van der Waals surface area contributed by atoms with Gasteiger partial charge >= 0.3 is 0 Å². The lowest BCUT2D eigenvalue weighted by atomic mass is 10.2. The van der Waals surface area contributed by atoms with Gasteiger partial charge in [-0.3, -0.25) is 0 Å². The van der Waals surface area contributed by atoms with Crippen LogP contribution in [0.3, 0.4) is 0 Å². The van der Waals surface area contributed by atoms with Gasteiger partial charge in [0.1, 0.15) is 18.0 Å². The van der Waals surface area contributed by atoms with Crippen LogP contribution in [0.1, 0.15) is 5.69 Å². The van der Waals surface area contributed by atoms with E-state index in [-0.39, 0.29) is 0 Å². The monoisotopic (exact) mass is 352 g/mol. The topological polar surface area (TPSA) is 58.0 Å². The largest absolute Gasteiger partial charge is 0.353 e. The number of para-hydroxylation sites is 1. The van der Waals surface area contributed by atoms with Crippen LogP contribution in [0.5, 0.6) is 0 Å². The van der Waals surface area contributed by atoms with Crippen molar-refractivity contribution in [1.82, 2.24) is 19.9 Å². The molecule has 0 unspecified atom stereocenters. The number of rotatable bonds is 3. The second-order valence-corrected chi connectivity index (χ2v) is 6.82. The minimum Gasteiger partial charge on any atom is -0.353 e. The quantitative estimate of drug-likeness (QED) is 0.530. The second kappa shape index (κ2) is 6.84. The standard InChI is InChI=1S/C18H20N6S/c1-13-11-16(22-18(21-13)25-2)23-7-9-24(10-8-23)17-14-5-3-4-6-15(14)19-12-20-17/h3-6,11-12H,7-10H2,1-2H3. The number of aromatic nitrogens is 4. The van der Waals surface area contributed by atoms with Gasteiger partial charge in [0.25, 0.3) is 0 Å². The fraction of sp³-hybridized carbons (Fsp3) is 0.333. The van der Waals surface area contributed by atoms with Gasteiger partial charge in [0.2, 0.25) is 0 Å². The number of hydrogen-bond acceptors (Lipinski definition) is 7. The minimum absolute atomic E-state index is 0.833. The Balaban J connectivity index is 1.54. The van der Waals surface area contributed by atoms with E-state index in [0.29, 0.717) is 0 Å². The molecule has 3 heterocycles. The van der Waals surface area contributed by atoms with Crippen LogP contribution in [0.4, 0.5) is 11.6 Å². The van der Waals surface area contributed by atoms with Crippen molar-refractivity contribution >= 4 is 34.3 Å². The third kappa shape index (κ3) is 3.24. The molecule has 2 aromatic heterocycles. The Bertz CT molecular complexity index is 886. The predicted molar refractivity (Wildman–Crippen MR) is 103 cm³/mol. The number of benzene rings is 1. The highest BCUT2D eigenvalue weighted by atomic mass is 32.2. The van der Waals surface area contributed by atoms with Crippen molar-refractivity contribution in [2.75, 3.05) is 42.2 Å². The Morgan fingerprint density at radius 2 is 1.72 bits per heavy atom. The molecular weight excluding hydrogens is 332 g/mol. The van der Waals surface area contributed by atoms with Crippen LogP contribution >= 0.6 is 11.8 Å². The molecule has 128 valence electrons. The normalized spacial score (nSPS) is 15.0. The smallest absolute Gasteiger partial charge is 0.189 e. The number of hydrogen-bond donors (Lipinski definition) is 0. The Hall–Kier alpha value is -2.41. The van der Waals surface area contributed by atoms with Crippen LogP contribution in [0.15, 0.2) is 41.8 Å². The van der Waals surface area contributed by atoms with Gasteiger partial charge in [0, 0.05) is 43.3 Å². The van der Waals surface area contributed by atoms with Crippen molar-refractivity contribution in [3.8, 4) is 0 Å². The van der Waals surface area contributed by atoms with Crippen molar-refractivity contribution in [3.63, 3.8) is 0 Å². The molecule has 1 aliphatic heterocycles. The molecule has 25 heavy (non-hydrogen) atoms. The number of piperazine rings is 1. The summed E-state index contributed by atoms with van der Waals surface area (Å²) in [6.07, 6.45) is 3.67. The van der Waals surface area contributed by atoms with E-state index in [0.717, 1.165) is 59.6 Å². The van der Waals surface area contributed by atoms with Crippen molar-refractivity contribution in [1.29, 1.82) is 0 Å². The molecule has 0 N–H and O–H groups in total. The number of nitrogens with zero attached hydrogens (tertiary/aromatic N) is 6. The van der Waals surface area contributed by atoms with E-state index in [2.05, 4.69) is 41.9 Å². The third-order valence-electron chi connectivity index (χ3n) is 4.43. The van der Waals surface area contributed by atoms with E-state index in [4.69, 9.17) is 0 Å². The summed E-state index contributed by atoms with van der Waals surface area (Å²) in [6.45, 7) is 5.69. The average Bonchev–Trinajstić information content (AvgIpc) is 2.67. The molecule has 4 rings (SSSR count). The Labute approximate surface area is 151 Å². The molecule has 0 amide bonds. The van der Waals surface area contributed by atoms with E-state index in [1.807, 2.05) is 31.4 Å². The van der Waals surface area contributed by atoms with E-state index in [9.17, 15) is 0 Å². The van der Waals surface area contributed by atoms with E-state index >= 15 is 0 Å². The molecule has 1 aliphatic rings. The molecule has 0 spiro atoms. The summed E-state index contributed by atoms with van der Waals surface area (Å²) in [5.74, 6) is 2.04. The lowest BCUT2D eigenvalue weighted by molar-refractivity contribution is 0.638. The summed E-state index contributed by atoms with van der Waals surface area (Å²) >= 11 is 1.58.